The first-order chi connectivity index (χ1) is 7.84. The maximum Gasteiger partial charge on any atom is 0.255 e. The van der Waals surface area contributed by atoms with Crippen molar-refractivity contribution in [1.82, 2.24) is 4.90 Å². The van der Waals surface area contributed by atoms with Crippen molar-refractivity contribution in [3.63, 3.8) is 0 Å². The lowest BCUT2D eigenvalue weighted by Gasteiger charge is -2.18. The van der Waals surface area contributed by atoms with Gasteiger partial charge < -0.3 is 10.0 Å². The lowest BCUT2D eigenvalue weighted by atomic mass is 9.98. The van der Waals surface area contributed by atoms with Crippen LogP contribution in [-0.4, -0.2) is 30.0 Å². The van der Waals surface area contributed by atoms with E-state index < -0.39 is 6.10 Å². The van der Waals surface area contributed by atoms with Crippen LogP contribution in [0.5, 0.6) is 0 Å². The molecule has 94 valence electrons. The predicted octanol–water partition coefficient (Wildman–Crippen LogP) is 2.59. The van der Waals surface area contributed by atoms with Gasteiger partial charge in [0, 0.05) is 24.7 Å². The number of halogens is 1. The van der Waals surface area contributed by atoms with Gasteiger partial charge in [-0.05, 0) is 17.5 Å². The van der Waals surface area contributed by atoms with Crippen LogP contribution in [0.4, 0.5) is 0 Å². The molecule has 0 unspecified atom stereocenters. The highest BCUT2D eigenvalue weighted by molar-refractivity contribution is 6.31. The van der Waals surface area contributed by atoms with Crippen LogP contribution in [0.3, 0.4) is 0 Å². The second-order valence-corrected chi connectivity index (χ2v) is 4.98. The highest BCUT2D eigenvalue weighted by Gasteiger charge is 2.22. The van der Waals surface area contributed by atoms with E-state index in [0.29, 0.717) is 16.5 Å². The Labute approximate surface area is 107 Å². The Morgan fingerprint density at radius 3 is 2.41 bits per heavy atom. The van der Waals surface area contributed by atoms with E-state index in [0.717, 1.165) is 5.56 Å². The van der Waals surface area contributed by atoms with Crippen molar-refractivity contribution in [2.75, 3.05) is 14.1 Å². The minimum absolute atomic E-state index is 0.327. The summed E-state index contributed by atoms with van der Waals surface area (Å²) in [5.41, 5.74) is 1.52. The van der Waals surface area contributed by atoms with Crippen LogP contribution in [0.25, 0.3) is 0 Å². The van der Waals surface area contributed by atoms with Crippen LogP contribution < -0.4 is 0 Å². The van der Waals surface area contributed by atoms with Gasteiger partial charge in [-0.2, -0.15) is 0 Å². The molecule has 1 rings (SSSR count). The number of aliphatic hydroxyl groups is 1. The number of amides is 1. The van der Waals surface area contributed by atoms with Crippen LogP contribution in [-0.2, 0) is 4.79 Å². The quantitative estimate of drug-likeness (QED) is 0.902. The lowest BCUT2D eigenvalue weighted by Crippen LogP contribution is -2.28. The van der Waals surface area contributed by atoms with Gasteiger partial charge in [0.05, 0.1) is 0 Å². The summed E-state index contributed by atoms with van der Waals surface area (Å²) in [5, 5.41) is 10.4. The molecule has 0 aliphatic rings. The summed E-state index contributed by atoms with van der Waals surface area (Å²) in [6, 6.07) is 5.42. The number of carbonyl (C=O) groups excluding carboxylic acids is 1. The third-order valence-corrected chi connectivity index (χ3v) is 3.00. The first kappa shape index (κ1) is 14.0. The third-order valence-electron chi connectivity index (χ3n) is 2.66. The van der Waals surface area contributed by atoms with Gasteiger partial charge in [0.1, 0.15) is 0 Å². The summed E-state index contributed by atoms with van der Waals surface area (Å²) in [6.07, 6.45) is -1.20. The molecule has 0 fully saturated rings. The molecule has 3 nitrogen and oxygen atoms in total. The van der Waals surface area contributed by atoms with Crippen molar-refractivity contribution < 1.29 is 9.90 Å². The molecule has 0 heterocycles. The van der Waals surface area contributed by atoms with Crippen LogP contribution >= 0.6 is 11.6 Å². The van der Waals surface area contributed by atoms with Crippen molar-refractivity contribution >= 4 is 17.5 Å². The average molecular weight is 256 g/mol. The molecule has 0 aliphatic carbocycles. The van der Waals surface area contributed by atoms with Gasteiger partial charge in [-0.3, -0.25) is 4.79 Å². The molecule has 1 N–H and O–H groups in total. The third kappa shape index (κ3) is 3.20. The van der Waals surface area contributed by atoms with Gasteiger partial charge in [-0.1, -0.05) is 37.6 Å². The van der Waals surface area contributed by atoms with Crippen molar-refractivity contribution in [3.8, 4) is 0 Å². The Bertz CT molecular complexity index is 416. The van der Waals surface area contributed by atoms with Gasteiger partial charge in [0.25, 0.3) is 5.91 Å². The zero-order chi connectivity index (χ0) is 13.2. The Balaban J connectivity index is 3.12. The summed E-state index contributed by atoms with van der Waals surface area (Å²) in [7, 11) is 3.21. The fourth-order valence-corrected chi connectivity index (χ4v) is 1.73. The number of nitrogens with zero attached hydrogens (tertiary/aromatic N) is 1. The van der Waals surface area contributed by atoms with E-state index in [9.17, 15) is 9.90 Å². The summed E-state index contributed by atoms with van der Waals surface area (Å²) in [4.78, 5) is 13.0. The number of hydrogen-bond donors (Lipinski definition) is 1. The molecule has 0 bridgehead atoms. The second kappa shape index (κ2) is 5.52. The Morgan fingerprint density at radius 1 is 1.35 bits per heavy atom. The molecular weight excluding hydrogens is 238 g/mol. The molecule has 1 aromatic carbocycles. The smallest absolute Gasteiger partial charge is 0.255 e. The van der Waals surface area contributed by atoms with Crippen molar-refractivity contribution in [2.45, 2.75) is 25.9 Å². The SMILES string of the molecule is CC(C)c1ccc(Cl)c([C@@H](O)C(=O)N(C)C)c1. The zero-order valence-electron chi connectivity index (χ0n) is 10.6. The monoisotopic (exact) mass is 255 g/mol. The van der Waals surface area contributed by atoms with Crippen LogP contribution in [0, 0.1) is 0 Å². The summed E-state index contributed by atoms with van der Waals surface area (Å²) in [6.45, 7) is 4.10. The topological polar surface area (TPSA) is 40.5 Å². The Kier molecular flexibility index (Phi) is 4.54. The van der Waals surface area contributed by atoms with E-state index in [-0.39, 0.29) is 5.91 Å². The van der Waals surface area contributed by atoms with Gasteiger partial charge in [-0.15, -0.1) is 0 Å². The molecule has 0 spiro atoms. The standard InChI is InChI=1S/C13H18ClNO2/c1-8(2)9-5-6-11(14)10(7-9)12(16)13(17)15(3)4/h5-8,12,16H,1-4H3/t12-/m1/s1. The van der Waals surface area contributed by atoms with E-state index in [4.69, 9.17) is 11.6 Å². The number of benzene rings is 1. The van der Waals surface area contributed by atoms with Gasteiger partial charge in [0.15, 0.2) is 6.10 Å². The molecule has 1 aromatic rings. The van der Waals surface area contributed by atoms with Gasteiger partial charge >= 0.3 is 0 Å². The minimum Gasteiger partial charge on any atom is -0.378 e. The summed E-state index contributed by atoms with van der Waals surface area (Å²) < 4.78 is 0. The maximum absolute atomic E-state index is 11.7. The zero-order valence-corrected chi connectivity index (χ0v) is 11.3. The predicted molar refractivity (Wildman–Crippen MR) is 69.2 cm³/mol. The van der Waals surface area contributed by atoms with E-state index in [1.165, 1.54) is 4.90 Å². The normalized spacial score (nSPS) is 12.6. The van der Waals surface area contributed by atoms with Gasteiger partial charge in [-0.25, -0.2) is 0 Å². The molecule has 1 atom stereocenters. The Morgan fingerprint density at radius 2 is 1.94 bits per heavy atom. The maximum atomic E-state index is 11.7. The van der Waals surface area contributed by atoms with Crippen LogP contribution in [0.1, 0.15) is 37.0 Å². The highest BCUT2D eigenvalue weighted by Crippen LogP contribution is 2.28. The number of likely N-dealkylation sites (N-methyl/N-ethyl adjacent to an activating group) is 1. The van der Waals surface area contributed by atoms with E-state index in [1.54, 1.807) is 26.2 Å². The first-order valence-corrected chi connectivity index (χ1v) is 5.91. The van der Waals surface area contributed by atoms with Crippen LogP contribution in [0.15, 0.2) is 18.2 Å². The molecule has 0 saturated heterocycles. The van der Waals surface area contributed by atoms with Gasteiger partial charge in [0.2, 0.25) is 0 Å². The van der Waals surface area contributed by atoms with Crippen molar-refractivity contribution in [3.05, 3.63) is 34.3 Å². The highest BCUT2D eigenvalue weighted by atomic mass is 35.5. The van der Waals surface area contributed by atoms with E-state index in [1.807, 2.05) is 19.9 Å². The van der Waals surface area contributed by atoms with Crippen LogP contribution in [0.2, 0.25) is 5.02 Å². The summed E-state index contributed by atoms with van der Waals surface area (Å²) in [5.74, 6) is -0.0412. The number of aliphatic hydroxyl groups excluding tert-OH is 1. The average Bonchev–Trinajstić information content (AvgIpc) is 2.27. The number of carbonyl (C=O) groups is 1. The first-order valence-electron chi connectivity index (χ1n) is 5.53. The summed E-state index contributed by atoms with van der Waals surface area (Å²) >= 11 is 6.01. The molecule has 0 aliphatic heterocycles. The van der Waals surface area contributed by atoms with E-state index >= 15 is 0 Å². The Hall–Kier alpha value is -1.06. The molecular formula is C13H18ClNO2. The number of rotatable bonds is 3. The lowest BCUT2D eigenvalue weighted by molar-refractivity contribution is -0.137. The van der Waals surface area contributed by atoms with Crippen molar-refractivity contribution in [1.29, 1.82) is 0 Å². The fourth-order valence-electron chi connectivity index (χ4n) is 1.51. The number of hydrogen-bond acceptors (Lipinski definition) is 2. The molecule has 0 aromatic heterocycles. The van der Waals surface area contributed by atoms with E-state index in [2.05, 4.69) is 0 Å². The minimum atomic E-state index is -1.20. The molecule has 0 radical (unpaired) electrons. The molecule has 4 heteroatoms. The fraction of sp³-hybridized carbons (Fsp3) is 0.462. The second-order valence-electron chi connectivity index (χ2n) is 4.57. The molecule has 1 amide bonds. The molecule has 17 heavy (non-hydrogen) atoms. The van der Waals surface area contributed by atoms with Crippen molar-refractivity contribution in [2.24, 2.45) is 0 Å². The largest absolute Gasteiger partial charge is 0.378 e. The molecule has 0 saturated carbocycles.